The second-order valence-electron chi connectivity index (χ2n) is 5.50. The van der Waals surface area contributed by atoms with E-state index in [0.717, 1.165) is 18.4 Å². The summed E-state index contributed by atoms with van der Waals surface area (Å²) in [4.78, 5) is 0. The normalized spacial score (nSPS) is 18.4. The van der Waals surface area contributed by atoms with E-state index >= 15 is 0 Å². The van der Waals surface area contributed by atoms with Crippen molar-refractivity contribution in [2.45, 2.75) is 30.7 Å². The minimum atomic E-state index is -0.121. The van der Waals surface area contributed by atoms with Crippen molar-refractivity contribution in [2.24, 2.45) is 5.73 Å². The highest BCUT2D eigenvalue weighted by Gasteiger charge is 2.45. The summed E-state index contributed by atoms with van der Waals surface area (Å²) in [6.07, 6.45) is 3.41. The molecule has 104 valence electrons. The minimum Gasteiger partial charge on any atom is -0.323 e. The van der Waals surface area contributed by atoms with E-state index in [1.807, 2.05) is 18.2 Å². The van der Waals surface area contributed by atoms with Gasteiger partial charge in [-0.25, -0.2) is 0 Å². The third kappa shape index (κ3) is 2.14. The Hall–Kier alpha value is -1.02. The van der Waals surface area contributed by atoms with Gasteiger partial charge in [0.2, 0.25) is 0 Å². The number of halogens is 2. The van der Waals surface area contributed by atoms with Crippen LogP contribution in [0.2, 0.25) is 10.0 Å². The van der Waals surface area contributed by atoms with Gasteiger partial charge in [0, 0.05) is 11.5 Å². The number of hydrogen-bond donors (Lipinski definition) is 1. The molecule has 0 spiro atoms. The van der Waals surface area contributed by atoms with Gasteiger partial charge < -0.3 is 5.73 Å². The zero-order chi connectivity index (χ0) is 14.2. The van der Waals surface area contributed by atoms with Crippen LogP contribution in [0.3, 0.4) is 0 Å². The van der Waals surface area contributed by atoms with Crippen LogP contribution in [-0.2, 0) is 5.41 Å². The molecule has 2 aromatic rings. The largest absolute Gasteiger partial charge is 0.323 e. The molecule has 0 saturated heterocycles. The summed E-state index contributed by atoms with van der Waals surface area (Å²) in [5, 5.41) is 1.16. The van der Waals surface area contributed by atoms with Crippen molar-refractivity contribution < 1.29 is 0 Å². The second kappa shape index (κ2) is 5.40. The van der Waals surface area contributed by atoms with Crippen molar-refractivity contribution in [3.63, 3.8) is 0 Å². The average Bonchev–Trinajstić information content (AvgIpc) is 2.42. The van der Waals surface area contributed by atoms with Gasteiger partial charge in [0.1, 0.15) is 0 Å². The molecule has 3 rings (SSSR count). The van der Waals surface area contributed by atoms with Gasteiger partial charge in [-0.15, -0.1) is 0 Å². The maximum atomic E-state index is 6.59. The zero-order valence-electron chi connectivity index (χ0n) is 11.2. The van der Waals surface area contributed by atoms with E-state index in [2.05, 4.69) is 24.3 Å². The highest BCUT2D eigenvalue weighted by atomic mass is 35.5. The van der Waals surface area contributed by atoms with E-state index in [1.165, 1.54) is 12.0 Å². The third-order valence-electron chi connectivity index (χ3n) is 4.51. The fourth-order valence-corrected chi connectivity index (χ4v) is 3.59. The summed E-state index contributed by atoms with van der Waals surface area (Å²) in [7, 11) is 0. The molecule has 2 N–H and O–H groups in total. The molecule has 0 amide bonds. The van der Waals surface area contributed by atoms with E-state index in [0.29, 0.717) is 10.0 Å². The first kappa shape index (κ1) is 13.9. The first-order chi connectivity index (χ1) is 9.65. The van der Waals surface area contributed by atoms with Gasteiger partial charge >= 0.3 is 0 Å². The number of rotatable bonds is 3. The van der Waals surface area contributed by atoms with Crippen LogP contribution in [0, 0.1) is 0 Å². The van der Waals surface area contributed by atoms with Crippen molar-refractivity contribution in [2.75, 3.05) is 0 Å². The average molecular weight is 306 g/mol. The number of benzene rings is 2. The highest BCUT2D eigenvalue weighted by Crippen LogP contribution is 2.52. The summed E-state index contributed by atoms with van der Waals surface area (Å²) >= 11 is 12.5. The molecule has 0 aliphatic heterocycles. The molecule has 1 atom stereocenters. The molecule has 1 aliphatic carbocycles. The molecule has 1 aliphatic rings. The zero-order valence-corrected chi connectivity index (χ0v) is 12.7. The Balaban J connectivity index is 2.04. The highest BCUT2D eigenvalue weighted by molar-refractivity contribution is 6.42. The standard InChI is InChI=1S/C17H17Cl2N/c18-14-9-4-8-13(15(14)19)16(20)17(10-5-11-17)12-6-2-1-3-7-12/h1-4,6-9,16H,5,10-11,20H2. The lowest BCUT2D eigenvalue weighted by molar-refractivity contribution is 0.196. The van der Waals surface area contributed by atoms with Crippen LogP contribution in [0.25, 0.3) is 0 Å². The van der Waals surface area contributed by atoms with E-state index in [1.54, 1.807) is 6.07 Å². The molecule has 1 saturated carbocycles. The topological polar surface area (TPSA) is 26.0 Å². The maximum Gasteiger partial charge on any atom is 0.0640 e. The lowest BCUT2D eigenvalue weighted by atomic mass is 9.59. The Morgan fingerprint density at radius 3 is 2.25 bits per heavy atom. The number of hydrogen-bond acceptors (Lipinski definition) is 1. The van der Waals surface area contributed by atoms with Crippen molar-refractivity contribution in [1.82, 2.24) is 0 Å². The van der Waals surface area contributed by atoms with Crippen LogP contribution in [0.15, 0.2) is 48.5 Å². The summed E-state index contributed by atoms with van der Waals surface area (Å²) in [6, 6.07) is 16.1. The van der Waals surface area contributed by atoms with Gasteiger partial charge in [0.25, 0.3) is 0 Å². The summed E-state index contributed by atoms with van der Waals surface area (Å²) in [5.41, 5.74) is 8.84. The Kier molecular flexibility index (Phi) is 3.76. The van der Waals surface area contributed by atoms with Crippen LogP contribution < -0.4 is 5.73 Å². The van der Waals surface area contributed by atoms with Crippen LogP contribution in [0.5, 0.6) is 0 Å². The second-order valence-corrected chi connectivity index (χ2v) is 6.28. The molecule has 0 radical (unpaired) electrons. The molecule has 2 aromatic carbocycles. The molecule has 3 heteroatoms. The molecule has 1 nitrogen and oxygen atoms in total. The smallest absolute Gasteiger partial charge is 0.0640 e. The molecule has 0 bridgehead atoms. The molecular formula is C17H17Cl2N. The van der Waals surface area contributed by atoms with Crippen molar-refractivity contribution in [3.05, 3.63) is 69.7 Å². The van der Waals surface area contributed by atoms with Crippen LogP contribution in [0.1, 0.15) is 36.4 Å². The van der Waals surface area contributed by atoms with Crippen molar-refractivity contribution >= 4 is 23.2 Å². The fraction of sp³-hybridized carbons (Fsp3) is 0.294. The van der Waals surface area contributed by atoms with Gasteiger partial charge in [-0.3, -0.25) is 0 Å². The molecule has 0 heterocycles. The Morgan fingerprint density at radius 2 is 1.65 bits per heavy atom. The maximum absolute atomic E-state index is 6.59. The van der Waals surface area contributed by atoms with Crippen LogP contribution in [0.4, 0.5) is 0 Å². The van der Waals surface area contributed by atoms with Gasteiger partial charge in [0.15, 0.2) is 0 Å². The molecule has 1 unspecified atom stereocenters. The fourth-order valence-electron chi connectivity index (χ4n) is 3.17. The molecular weight excluding hydrogens is 289 g/mol. The van der Waals surface area contributed by atoms with E-state index in [4.69, 9.17) is 28.9 Å². The quantitative estimate of drug-likeness (QED) is 0.837. The van der Waals surface area contributed by atoms with E-state index < -0.39 is 0 Å². The number of nitrogens with two attached hydrogens (primary N) is 1. The molecule has 0 aromatic heterocycles. The summed E-state index contributed by atoms with van der Waals surface area (Å²) in [5.74, 6) is 0. The monoisotopic (exact) mass is 305 g/mol. The predicted molar refractivity (Wildman–Crippen MR) is 85.4 cm³/mol. The van der Waals surface area contributed by atoms with Crippen LogP contribution >= 0.6 is 23.2 Å². The summed E-state index contributed by atoms with van der Waals surface area (Å²) < 4.78 is 0. The molecule has 20 heavy (non-hydrogen) atoms. The predicted octanol–water partition coefficient (Wildman–Crippen LogP) is 5.12. The van der Waals surface area contributed by atoms with Gasteiger partial charge in [-0.05, 0) is 30.0 Å². The SMILES string of the molecule is NC(c1cccc(Cl)c1Cl)C1(c2ccccc2)CCC1. The Bertz CT molecular complexity index is 606. The van der Waals surface area contributed by atoms with Gasteiger partial charge in [-0.1, -0.05) is 72.1 Å². The first-order valence-electron chi connectivity index (χ1n) is 6.90. The van der Waals surface area contributed by atoms with E-state index in [-0.39, 0.29) is 11.5 Å². The van der Waals surface area contributed by atoms with Crippen molar-refractivity contribution in [3.8, 4) is 0 Å². The van der Waals surface area contributed by atoms with Crippen molar-refractivity contribution in [1.29, 1.82) is 0 Å². The first-order valence-corrected chi connectivity index (χ1v) is 7.66. The van der Waals surface area contributed by atoms with Gasteiger partial charge in [-0.2, -0.15) is 0 Å². The third-order valence-corrected chi connectivity index (χ3v) is 5.34. The minimum absolute atomic E-state index is 0.00438. The Labute approximate surface area is 129 Å². The van der Waals surface area contributed by atoms with Crippen LogP contribution in [-0.4, -0.2) is 0 Å². The molecule has 1 fully saturated rings. The van der Waals surface area contributed by atoms with E-state index in [9.17, 15) is 0 Å². The lowest BCUT2D eigenvalue weighted by Gasteiger charge is -2.47. The Morgan fingerprint density at radius 1 is 0.950 bits per heavy atom. The van der Waals surface area contributed by atoms with Gasteiger partial charge in [0.05, 0.1) is 10.0 Å². The summed E-state index contributed by atoms with van der Waals surface area (Å²) in [6.45, 7) is 0. The lowest BCUT2D eigenvalue weighted by Crippen LogP contribution is -2.44.